The minimum atomic E-state index is -3.27. The lowest BCUT2D eigenvalue weighted by molar-refractivity contribution is 0.198. The first-order chi connectivity index (χ1) is 13.9. The van der Waals surface area contributed by atoms with Gasteiger partial charge < -0.3 is 10.2 Å². The molecular weight excluding hydrogens is 410 g/mol. The van der Waals surface area contributed by atoms with Crippen molar-refractivity contribution in [3.05, 3.63) is 41.6 Å². The van der Waals surface area contributed by atoms with Crippen molar-refractivity contribution in [2.45, 2.75) is 36.6 Å². The minimum Gasteiger partial charge on any atom is -0.348 e. The number of piperidine rings is 2. The van der Waals surface area contributed by atoms with E-state index in [1.54, 1.807) is 24.5 Å². The average Bonchev–Trinajstić information content (AvgIpc) is 2.74. The SMILES string of the molecule is CS(=O)(=O)c1ccc(N2CCC(C3CCNCC3)C[C@@H]2c2cnc(Cl)cn2)nc1. The summed E-state index contributed by atoms with van der Waals surface area (Å²) >= 11 is 5.95. The Kier molecular flexibility index (Phi) is 6.03. The van der Waals surface area contributed by atoms with Crippen molar-refractivity contribution in [3.8, 4) is 0 Å². The van der Waals surface area contributed by atoms with Gasteiger partial charge in [0, 0.05) is 19.0 Å². The first-order valence-electron chi connectivity index (χ1n) is 10.0. The second-order valence-electron chi connectivity index (χ2n) is 7.97. The molecule has 156 valence electrons. The molecule has 0 saturated carbocycles. The van der Waals surface area contributed by atoms with Crippen molar-refractivity contribution < 1.29 is 8.42 Å². The predicted octanol–water partition coefficient (Wildman–Crippen LogP) is 2.89. The van der Waals surface area contributed by atoms with E-state index < -0.39 is 9.84 Å². The Labute approximate surface area is 176 Å². The van der Waals surface area contributed by atoms with E-state index >= 15 is 0 Å². The summed E-state index contributed by atoms with van der Waals surface area (Å²) in [6, 6.07) is 3.46. The molecule has 0 radical (unpaired) electrons. The molecule has 4 rings (SSSR count). The number of nitrogens with zero attached hydrogens (tertiary/aromatic N) is 4. The number of hydrogen-bond donors (Lipinski definition) is 1. The first-order valence-corrected chi connectivity index (χ1v) is 12.3. The van der Waals surface area contributed by atoms with Crippen molar-refractivity contribution in [3.63, 3.8) is 0 Å². The molecule has 9 heteroatoms. The standard InChI is InChI=1S/C20H26ClN5O2S/c1-29(27,28)16-2-3-20(25-11-16)26-9-6-15(14-4-7-22-8-5-14)10-18(26)17-12-24-19(21)13-23-17/h2-3,11-15,18,22H,4-10H2,1H3/t15?,18-/m1/s1. The van der Waals surface area contributed by atoms with Gasteiger partial charge in [0.15, 0.2) is 9.84 Å². The van der Waals surface area contributed by atoms with Gasteiger partial charge in [-0.25, -0.2) is 18.4 Å². The van der Waals surface area contributed by atoms with Crippen LogP contribution in [0.25, 0.3) is 0 Å². The van der Waals surface area contributed by atoms with Gasteiger partial charge in [0.1, 0.15) is 11.0 Å². The van der Waals surface area contributed by atoms with Gasteiger partial charge in [0.2, 0.25) is 0 Å². The molecule has 7 nitrogen and oxygen atoms in total. The molecule has 2 fully saturated rings. The van der Waals surface area contributed by atoms with Crippen LogP contribution in [0.15, 0.2) is 35.6 Å². The molecule has 2 aliphatic heterocycles. The zero-order valence-corrected chi connectivity index (χ0v) is 18.0. The van der Waals surface area contributed by atoms with Crippen molar-refractivity contribution in [2.24, 2.45) is 11.8 Å². The largest absolute Gasteiger partial charge is 0.348 e. The molecule has 2 saturated heterocycles. The lowest BCUT2D eigenvalue weighted by atomic mass is 9.76. The number of nitrogens with one attached hydrogen (secondary N) is 1. The molecule has 29 heavy (non-hydrogen) atoms. The van der Waals surface area contributed by atoms with Gasteiger partial charge in [0.05, 0.1) is 29.0 Å². The fourth-order valence-electron chi connectivity index (χ4n) is 4.55. The lowest BCUT2D eigenvalue weighted by Crippen LogP contribution is -2.42. The third kappa shape index (κ3) is 4.70. The normalized spacial score (nSPS) is 23.9. The Hall–Kier alpha value is -1.77. The van der Waals surface area contributed by atoms with E-state index in [4.69, 9.17) is 11.6 Å². The highest BCUT2D eigenvalue weighted by Gasteiger charge is 2.35. The molecule has 0 aliphatic carbocycles. The summed E-state index contributed by atoms with van der Waals surface area (Å²) in [6.07, 6.45) is 10.5. The molecule has 2 aromatic heterocycles. The summed E-state index contributed by atoms with van der Waals surface area (Å²) in [7, 11) is -3.27. The number of pyridine rings is 1. The molecule has 4 heterocycles. The maximum absolute atomic E-state index is 11.8. The Bertz CT molecular complexity index is 930. The second kappa shape index (κ2) is 8.53. The Morgan fingerprint density at radius 1 is 1.03 bits per heavy atom. The monoisotopic (exact) mass is 435 g/mol. The first kappa shape index (κ1) is 20.5. The van der Waals surface area contributed by atoms with Crippen molar-refractivity contribution in [1.29, 1.82) is 0 Å². The number of rotatable bonds is 4. The van der Waals surface area contributed by atoms with E-state index in [1.807, 2.05) is 0 Å². The number of hydrogen-bond acceptors (Lipinski definition) is 7. The van der Waals surface area contributed by atoms with Crippen molar-refractivity contribution >= 4 is 27.3 Å². The van der Waals surface area contributed by atoms with Crippen LogP contribution >= 0.6 is 11.6 Å². The molecule has 1 N–H and O–H groups in total. The van der Waals surface area contributed by atoms with E-state index in [9.17, 15) is 8.42 Å². The van der Waals surface area contributed by atoms with Crippen LogP contribution in [0.5, 0.6) is 0 Å². The minimum absolute atomic E-state index is 0.0463. The summed E-state index contributed by atoms with van der Waals surface area (Å²) in [5.74, 6) is 2.12. The quantitative estimate of drug-likeness (QED) is 0.789. The Morgan fingerprint density at radius 3 is 2.45 bits per heavy atom. The van der Waals surface area contributed by atoms with Crippen LogP contribution in [0.2, 0.25) is 5.15 Å². The van der Waals surface area contributed by atoms with Crippen LogP contribution in [0.4, 0.5) is 5.82 Å². The van der Waals surface area contributed by atoms with E-state index in [2.05, 4.69) is 25.2 Å². The maximum atomic E-state index is 11.8. The van der Waals surface area contributed by atoms with Crippen LogP contribution in [0.3, 0.4) is 0 Å². The average molecular weight is 436 g/mol. The topological polar surface area (TPSA) is 88.1 Å². The molecule has 0 spiro atoms. The zero-order chi connectivity index (χ0) is 20.4. The molecule has 2 aromatic rings. The second-order valence-corrected chi connectivity index (χ2v) is 10.4. The van der Waals surface area contributed by atoms with Gasteiger partial charge >= 0.3 is 0 Å². The third-order valence-electron chi connectivity index (χ3n) is 6.12. The fourth-order valence-corrected chi connectivity index (χ4v) is 5.20. The van der Waals surface area contributed by atoms with E-state index in [0.717, 1.165) is 49.9 Å². The summed E-state index contributed by atoms with van der Waals surface area (Å²) in [5.41, 5.74) is 0.877. The van der Waals surface area contributed by atoms with Crippen LogP contribution in [-0.4, -0.2) is 49.3 Å². The van der Waals surface area contributed by atoms with Crippen LogP contribution in [0.1, 0.15) is 37.4 Å². The van der Waals surface area contributed by atoms with E-state index in [1.165, 1.54) is 25.3 Å². The third-order valence-corrected chi connectivity index (χ3v) is 7.41. The zero-order valence-electron chi connectivity index (χ0n) is 16.5. The molecule has 2 aliphatic rings. The van der Waals surface area contributed by atoms with Gasteiger partial charge in [-0.2, -0.15) is 0 Å². The van der Waals surface area contributed by atoms with Gasteiger partial charge in [-0.05, 0) is 62.7 Å². The van der Waals surface area contributed by atoms with Gasteiger partial charge in [-0.3, -0.25) is 4.98 Å². The summed E-state index contributed by atoms with van der Waals surface area (Å²) in [6.45, 7) is 3.03. The van der Waals surface area contributed by atoms with Crippen molar-refractivity contribution in [2.75, 3.05) is 30.8 Å². The lowest BCUT2D eigenvalue weighted by Gasteiger charge is -2.43. The Morgan fingerprint density at radius 2 is 1.83 bits per heavy atom. The highest BCUT2D eigenvalue weighted by atomic mass is 35.5. The van der Waals surface area contributed by atoms with Crippen LogP contribution in [0, 0.1) is 11.8 Å². The summed E-state index contributed by atoms with van der Waals surface area (Å²) in [5, 5.41) is 3.82. The van der Waals surface area contributed by atoms with Gasteiger partial charge in [-0.1, -0.05) is 11.6 Å². The van der Waals surface area contributed by atoms with E-state index in [-0.39, 0.29) is 10.9 Å². The van der Waals surface area contributed by atoms with E-state index in [0.29, 0.717) is 11.1 Å². The molecule has 1 unspecified atom stereocenters. The highest BCUT2D eigenvalue weighted by Crippen LogP contribution is 2.41. The number of aromatic nitrogens is 3. The molecule has 0 aromatic carbocycles. The van der Waals surface area contributed by atoms with Crippen molar-refractivity contribution in [1.82, 2.24) is 20.3 Å². The number of sulfone groups is 1. The molecule has 0 amide bonds. The van der Waals surface area contributed by atoms with Crippen LogP contribution in [-0.2, 0) is 9.84 Å². The highest BCUT2D eigenvalue weighted by molar-refractivity contribution is 7.90. The maximum Gasteiger partial charge on any atom is 0.177 e. The predicted molar refractivity (Wildman–Crippen MR) is 113 cm³/mol. The van der Waals surface area contributed by atoms with Crippen LogP contribution < -0.4 is 10.2 Å². The smallest absolute Gasteiger partial charge is 0.177 e. The Balaban J connectivity index is 1.62. The number of anilines is 1. The summed E-state index contributed by atoms with van der Waals surface area (Å²) in [4.78, 5) is 15.7. The fraction of sp³-hybridized carbons (Fsp3) is 0.550. The van der Waals surface area contributed by atoms with Gasteiger partial charge in [0.25, 0.3) is 0 Å². The molecule has 2 atom stereocenters. The number of halogens is 1. The summed E-state index contributed by atoms with van der Waals surface area (Å²) < 4.78 is 23.5. The molecular formula is C20H26ClN5O2S. The molecule has 0 bridgehead atoms. The van der Waals surface area contributed by atoms with Gasteiger partial charge in [-0.15, -0.1) is 0 Å².